The molecule has 1 aromatic heterocycles. The van der Waals surface area contributed by atoms with E-state index in [1.165, 1.54) is 19.1 Å². The lowest BCUT2D eigenvalue weighted by atomic mass is 9.92. The first kappa shape index (κ1) is 18.2. The molecule has 10 heteroatoms. The van der Waals surface area contributed by atoms with Crippen LogP contribution in [-0.2, 0) is 15.1 Å². The van der Waals surface area contributed by atoms with Gasteiger partial charge in [0.15, 0.2) is 5.82 Å². The van der Waals surface area contributed by atoms with Crippen LogP contribution in [0.3, 0.4) is 0 Å². The first-order chi connectivity index (χ1) is 12.2. The number of imide groups is 1. The summed E-state index contributed by atoms with van der Waals surface area (Å²) in [5, 5.41) is 9.29. The van der Waals surface area contributed by atoms with Crippen LogP contribution in [0.15, 0.2) is 28.8 Å². The monoisotopic (exact) mass is 396 g/mol. The van der Waals surface area contributed by atoms with Gasteiger partial charge in [0.2, 0.25) is 5.91 Å². The van der Waals surface area contributed by atoms with Crippen molar-refractivity contribution >= 4 is 46.9 Å². The van der Waals surface area contributed by atoms with E-state index in [0.717, 1.165) is 4.90 Å². The first-order valence-electron chi connectivity index (χ1n) is 7.53. The topological polar surface area (TPSA) is 105 Å². The zero-order valence-electron chi connectivity index (χ0n) is 13.8. The fourth-order valence-electron chi connectivity index (χ4n) is 2.67. The smallest absolute Gasteiger partial charge is 0.325 e. The largest absolute Gasteiger partial charge is 0.360 e. The second-order valence-corrected chi connectivity index (χ2v) is 6.79. The molecule has 0 bridgehead atoms. The van der Waals surface area contributed by atoms with Gasteiger partial charge in [-0.05, 0) is 26.0 Å². The third-order valence-corrected chi connectivity index (χ3v) is 4.49. The summed E-state index contributed by atoms with van der Waals surface area (Å²) >= 11 is 12.0. The number of nitrogens with one attached hydrogen (secondary N) is 2. The SMILES string of the molecule is Cc1cc(NC(=O)CN2C(=O)N[C@](C)(c3ccc(Cl)cc3Cl)C2=O)no1. The van der Waals surface area contributed by atoms with Gasteiger partial charge in [0.1, 0.15) is 17.8 Å². The molecule has 136 valence electrons. The lowest BCUT2D eigenvalue weighted by molar-refractivity contribution is -0.133. The number of hydrogen-bond donors (Lipinski definition) is 2. The number of hydrogen-bond acceptors (Lipinski definition) is 5. The van der Waals surface area contributed by atoms with Crippen LogP contribution in [0.2, 0.25) is 10.0 Å². The van der Waals surface area contributed by atoms with E-state index in [0.29, 0.717) is 16.3 Å². The van der Waals surface area contributed by atoms with Crippen LogP contribution in [0, 0.1) is 6.92 Å². The van der Waals surface area contributed by atoms with Crippen molar-refractivity contribution < 1.29 is 18.9 Å². The van der Waals surface area contributed by atoms with Gasteiger partial charge in [0.05, 0.1) is 0 Å². The van der Waals surface area contributed by atoms with Gasteiger partial charge in [0.25, 0.3) is 5.91 Å². The second-order valence-electron chi connectivity index (χ2n) is 5.94. The summed E-state index contributed by atoms with van der Waals surface area (Å²) in [7, 11) is 0. The van der Waals surface area contributed by atoms with E-state index < -0.39 is 29.9 Å². The van der Waals surface area contributed by atoms with Gasteiger partial charge < -0.3 is 15.2 Å². The number of anilines is 1. The number of nitrogens with zero attached hydrogens (tertiary/aromatic N) is 2. The molecule has 0 saturated carbocycles. The Morgan fingerprint density at radius 1 is 1.35 bits per heavy atom. The number of halogens is 2. The highest BCUT2D eigenvalue weighted by molar-refractivity contribution is 6.35. The molecule has 1 saturated heterocycles. The van der Waals surface area contributed by atoms with Gasteiger partial charge in [0, 0.05) is 21.7 Å². The second kappa shape index (κ2) is 6.62. The van der Waals surface area contributed by atoms with Crippen molar-refractivity contribution in [3.05, 3.63) is 45.6 Å². The number of aromatic nitrogens is 1. The van der Waals surface area contributed by atoms with Gasteiger partial charge >= 0.3 is 6.03 Å². The Bertz CT molecular complexity index is 913. The van der Waals surface area contributed by atoms with Crippen LogP contribution < -0.4 is 10.6 Å². The summed E-state index contributed by atoms with van der Waals surface area (Å²) in [6, 6.07) is 5.42. The van der Waals surface area contributed by atoms with Crippen LogP contribution in [0.25, 0.3) is 0 Å². The molecule has 8 nitrogen and oxygen atoms in total. The van der Waals surface area contributed by atoms with Gasteiger partial charge in [-0.25, -0.2) is 4.79 Å². The number of rotatable bonds is 4. The Balaban J connectivity index is 1.79. The Hall–Kier alpha value is -2.58. The van der Waals surface area contributed by atoms with Crippen molar-refractivity contribution in [3.63, 3.8) is 0 Å². The number of carbonyl (C=O) groups excluding carboxylic acids is 3. The molecule has 1 aliphatic heterocycles. The zero-order valence-corrected chi connectivity index (χ0v) is 15.3. The summed E-state index contributed by atoms with van der Waals surface area (Å²) in [4.78, 5) is 38.0. The van der Waals surface area contributed by atoms with Crippen molar-refractivity contribution in [3.8, 4) is 0 Å². The average molecular weight is 397 g/mol. The molecular weight excluding hydrogens is 383 g/mol. The molecule has 0 aliphatic carbocycles. The van der Waals surface area contributed by atoms with Crippen molar-refractivity contribution in [1.29, 1.82) is 0 Å². The summed E-state index contributed by atoms with van der Waals surface area (Å²) in [5.74, 6) is -0.477. The molecule has 1 aromatic carbocycles. The van der Waals surface area contributed by atoms with Crippen LogP contribution in [0.4, 0.5) is 10.6 Å². The van der Waals surface area contributed by atoms with Gasteiger partial charge in [-0.3, -0.25) is 14.5 Å². The third-order valence-electron chi connectivity index (χ3n) is 3.94. The van der Waals surface area contributed by atoms with E-state index in [9.17, 15) is 14.4 Å². The molecule has 2 aromatic rings. The van der Waals surface area contributed by atoms with E-state index in [1.807, 2.05) is 0 Å². The number of benzene rings is 1. The average Bonchev–Trinajstić information content (AvgIpc) is 3.04. The maximum absolute atomic E-state index is 12.8. The maximum atomic E-state index is 12.8. The molecule has 1 fully saturated rings. The molecule has 1 aliphatic rings. The highest BCUT2D eigenvalue weighted by Gasteiger charge is 2.50. The predicted molar refractivity (Wildman–Crippen MR) is 93.9 cm³/mol. The summed E-state index contributed by atoms with van der Waals surface area (Å²) in [5.41, 5.74) is -1.01. The molecule has 3 rings (SSSR count). The molecule has 0 unspecified atom stereocenters. The molecule has 26 heavy (non-hydrogen) atoms. The number of amides is 4. The minimum atomic E-state index is -1.40. The van der Waals surface area contributed by atoms with Crippen molar-refractivity contribution in [1.82, 2.24) is 15.4 Å². The number of aryl methyl sites for hydroxylation is 1. The molecule has 1 atom stereocenters. The minimum absolute atomic E-state index is 0.197. The molecule has 0 spiro atoms. The zero-order chi connectivity index (χ0) is 19.1. The Labute approximate surface area is 158 Å². The van der Waals surface area contributed by atoms with Crippen LogP contribution in [0.5, 0.6) is 0 Å². The van der Waals surface area contributed by atoms with Crippen LogP contribution >= 0.6 is 23.2 Å². The predicted octanol–water partition coefficient (Wildman–Crippen LogP) is 2.70. The van der Waals surface area contributed by atoms with E-state index >= 15 is 0 Å². The Morgan fingerprint density at radius 2 is 2.08 bits per heavy atom. The van der Waals surface area contributed by atoms with E-state index in [2.05, 4.69) is 15.8 Å². The lowest BCUT2D eigenvalue weighted by Crippen LogP contribution is -2.42. The Kier molecular flexibility index (Phi) is 4.64. The van der Waals surface area contributed by atoms with Crippen molar-refractivity contribution in [2.75, 3.05) is 11.9 Å². The van der Waals surface area contributed by atoms with Gasteiger partial charge in [-0.2, -0.15) is 0 Å². The quantitative estimate of drug-likeness (QED) is 0.772. The van der Waals surface area contributed by atoms with Gasteiger partial charge in [-0.1, -0.05) is 34.4 Å². The minimum Gasteiger partial charge on any atom is -0.360 e. The molecule has 2 heterocycles. The highest BCUT2D eigenvalue weighted by atomic mass is 35.5. The maximum Gasteiger partial charge on any atom is 0.325 e. The normalized spacial score (nSPS) is 19.6. The summed E-state index contributed by atoms with van der Waals surface area (Å²) in [6.07, 6.45) is 0. The fourth-order valence-corrected chi connectivity index (χ4v) is 3.27. The van der Waals surface area contributed by atoms with Crippen LogP contribution in [0.1, 0.15) is 18.2 Å². The summed E-state index contributed by atoms with van der Waals surface area (Å²) < 4.78 is 4.84. The highest BCUT2D eigenvalue weighted by Crippen LogP contribution is 2.34. The fraction of sp³-hybridized carbons (Fsp3) is 0.250. The standard InChI is InChI=1S/C16H14Cl2N4O4/c1-8-5-12(21-26-8)19-13(23)7-22-14(24)16(2,20-15(22)25)10-4-3-9(17)6-11(10)18/h3-6H,7H2,1-2H3,(H,20,25)(H,19,21,23)/t16-/m1/s1. The van der Waals surface area contributed by atoms with E-state index in [4.69, 9.17) is 27.7 Å². The first-order valence-corrected chi connectivity index (χ1v) is 8.29. The number of carbonyl (C=O) groups is 3. The van der Waals surface area contributed by atoms with E-state index in [-0.39, 0.29) is 10.8 Å². The lowest BCUT2D eigenvalue weighted by Gasteiger charge is -2.23. The number of urea groups is 1. The third kappa shape index (κ3) is 3.25. The molecule has 2 N–H and O–H groups in total. The molecular formula is C16H14Cl2N4O4. The van der Waals surface area contributed by atoms with Crippen molar-refractivity contribution in [2.45, 2.75) is 19.4 Å². The Morgan fingerprint density at radius 3 is 2.69 bits per heavy atom. The van der Waals surface area contributed by atoms with Crippen molar-refractivity contribution in [2.24, 2.45) is 0 Å². The molecule has 0 radical (unpaired) electrons. The summed E-state index contributed by atoms with van der Waals surface area (Å²) in [6.45, 7) is 2.71. The van der Waals surface area contributed by atoms with Crippen LogP contribution in [-0.4, -0.2) is 34.4 Å². The molecule has 4 amide bonds. The van der Waals surface area contributed by atoms with E-state index in [1.54, 1.807) is 19.1 Å². The van der Waals surface area contributed by atoms with Gasteiger partial charge in [-0.15, -0.1) is 0 Å².